The van der Waals surface area contributed by atoms with Crippen LogP contribution in [0.4, 0.5) is 4.39 Å². The summed E-state index contributed by atoms with van der Waals surface area (Å²) < 4.78 is 20.0. The van der Waals surface area contributed by atoms with E-state index in [0.717, 1.165) is 12.8 Å². The van der Waals surface area contributed by atoms with Crippen LogP contribution in [0, 0.1) is 11.7 Å². The fourth-order valence-electron chi connectivity index (χ4n) is 3.70. The molecule has 0 spiro atoms. The van der Waals surface area contributed by atoms with Crippen molar-refractivity contribution in [1.29, 1.82) is 0 Å². The SMILES string of the molecule is CC(C(=O)O)c1ccc(-c2cccc(OC(=O)CC3CCCCC3)c2)c(F)c1. The average Bonchev–Trinajstić information content (AvgIpc) is 2.68. The van der Waals surface area contributed by atoms with Gasteiger partial charge in [0.1, 0.15) is 11.6 Å². The van der Waals surface area contributed by atoms with E-state index in [-0.39, 0.29) is 5.97 Å². The Balaban J connectivity index is 1.72. The van der Waals surface area contributed by atoms with Crippen LogP contribution in [0.1, 0.15) is 56.9 Å². The number of esters is 1. The molecule has 1 N–H and O–H groups in total. The number of halogens is 1. The van der Waals surface area contributed by atoms with E-state index in [0.29, 0.717) is 34.8 Å². The van der Waals surface area contributed by atoms with Gasteiger partial charge < -0.3 is 9.84 Å². The van der Waals surface area contributed by atoms with Crippen LogP contribution in [0.3, 0.4) is 0 Å². The number of rotatable bonds is 6. The van der Waals surface area contributed by atoms with Crippen LogP contribution in [0.15, 0.2) is 42.5 Å². The molecule has 4 nitrogen and oxygen atoms in total. The zero-order chi connectivity index (χ0) is 20.1. The third kappa shape index (κ3) is 4.97. The Morgan fingerprint density at radius 1 is 1.14 bits per heavy atom. The summed E-state index contributed by atoms with van der Waals surface area (Å²) in [4.78, 5) is 23.3. The highest BCUT2D eigenvalue weighted by atomic mass is 19.1. The van der Waals surface area contributed by atoms with Crippen molar-refractivity contribution in [2.24, 2.45) is 5.92 Å². The number of benzene rings is 2. The average molecular weight is 384 g/mol. The van der Waals surface area contributed by atoms with Crippen LogP contribution in [-0.2, 0) is 9.59 Å². The summed E-state index contributed by atoms with van der Waals surface area (Å²) in [5.74, 6) is -1.76. The molecule has 3 rings (SSSR count). The van der Waals surface area contributed by atoms with E-state index in [1.807, 2.05) is 0 Å². The molecular weight excluding hydrogens is 359 g/mol. The van der Waals surface area contributed by atoms with E-state index in [1.54, 1.807) is 36.4 Å². The second-order valence-electron chi connectivity index (χ2n) is 7.51. The maximum Gasteiger partial charge on any atom is 0.311 e. The van der Waals surface area contributed by atoms with Gasteiger partial charge >= 0.3 is 11.9 Å². The molecule has 2 aromatic carbocycles. The highest BCUT2D eigenvalue weighted by Gasteiger charge is 2.19. The number of carbonyl (C=O) groups is 2. The van der Waals surface area contributed by atoms with Gasteiger partial charge in [0.2, 0.25) is 0 Å². The lowest BCUT2D eigenvalue weighted by atomic mass is 9.87. The molecule has 1 fully saturated rings. The van der Waals surface area contributed by atoms with Crippen molar-refractivity contribution in [3.05, 3.63) is 53.8 Å². The predicted molar refractivity (Wildman–Crippen MR) is 105 cm³/mol. The first-order valence-electron chi connectivity index (χ1n) is 9.77. The summed E-state index contributed by atoms with van der Waals surface area (Å²) in [7, 11) is 0. The number of carboxylic acids is 1. The molecule has 0 heterocycles. The minimum Gasteiger partial charge on any atom is -0.481 e. The van der Waals surface area contributed by atoms with Crippen molar-refractivity contribution in [2.45, 2.75) is 51.4 Å². The monoisotopic (exact) mass is 384 g/mol. The second-order valence-corrected chi connectivity index (χ2v) is 7.51. The van der Waals surface area contributed by atoms with Gasteiger partial charge in [-0.1, -0.05) is 43.5 Å². The van der Waals surface area contributed by atoms with Gasteiger partial charge in [0.05, 0.1) is 5.92 Å². The number of carboxylic acid groups (broad SMARTS) is 1. The fraction of sp³-hybridized carbons (Fsp3) is 0.391. The smallest absolute Gasteiger partial charge is 0.311 e. The molecule has 1 atom stereocenters. The molecular formula is C23H25FO4. The molecule has 0 saturated heterocycles. The Kier molecular flexibility index (Phi) is 6.45. The molecule has 1 unspecified atom stereocenters. The summed E-state index contributed by atoms with van der Waals surface area (Å²) in [6.07, 6.45) is 6.14. The number of carbonyl (C=O) groups excluding carboxylic acids is 1. The molecule has 0 aromatic heterocycles. The second kappa shape index (κ2) is 9.00. The lowest BCUT2D eigenvalue weighted by Gasteiger charge is -2.20. The predicted octanol–water partition coefficient (Wildman–Crippen LogP) is 5.56. The molecule has 0 aliphatic heterocycles. The molecule has 28 heavy (non-hydrogen) atoms. The number of aliphatic carboxylic acids is 1. The van der Waals surface area contributed by atoms with Gasteiger partial charge in [0, 0.05) is 12.0 Å². The molecule has 0 amide bonds. The maximum atomic E-state index is 14.6. The minimum absolute atomic E-state index is 0.254. The summed E-state index contributed by atoms with van der Waals surface area (Å²) in [5.41, 5.74) is 1.32. The standard InChI is InChI=1S/C23H25FO4/c1-15(23(26)27)17-10-11-20(21(24)14-17)18-8-5-9-19(13-18)28-22(25)12-16-6-3-2-4-7-16/h5,8-11,13-16H,2-4,6-7,12H2,1H3,(H,26,27). The number of hydrogen-bond donors (Lipinski definition) is 1. The first kappa shape index (κ1) is 20.1. The Bertz CT molecular complexity index is 855. The third-order valence-corrected chi connectivity index (χ3v) is 5.42. The molecule has 5 heteroatoms. The van der Waals surface area contributed by atoms with Crippen molar-refractivity contribution in [3.63, 3.8) is 0 Å². The van der Waals surface area contributed by atoms with Crippen molar-refractivity contribution in [2.75, 3.05) is 0 Å². The zero-order valence-corrected chi connectivity index (χ0v) is 16.0. The van der Waals surface area contributed by atoms with Crippen LogP contribution in [0.25, 0.3) is 11.1 Å². The van der Waals surface area contributed by atoms with Gasteiger partial charge in [-0.3, -0.25) is 9.59 Å². The van der Waals surface area contributed by atoms with Crippen LogP contribution in [0.2, 0.25) is 0 Å². The van der Waals surface area contributed by atoms with E-state index >= 15 is 0 Å². The highest BCUT2D eigenvalue weighted by Crippen LogP contribution is 2.30. The minimum atomic E-state index is -1.00. The van der Waals surface area contributed by atoms with Crippen LogP contribution < -0.4 is 4.74 Å². The van der Waals surface area contributed by atoms with E-state index in [4.69, 9.17) is 9.84 Å². The normalized spacial score (nSPS) is 15.8. The van der Waals surface area contributed by atoms with Gasteiger partial charge in [-0.15, -0.1) is 0 Å². The van der Waals surface area contributed by atoms with E-state index in [1.165, 1.54) is 32.3 Å². The van der Waals surface area contributed by atoms with Crippen molar-refractivity contribution >= 4 is 11.9 Å². The lowest BCUT2D eigenvalue weighted by molar-refractivity contribution is -0.138. The van der Waals surface area contributed by atoms with Gasteiger partial charge in [-0.05, 0) is 55.0 Å². The van der Waals surface area contributed by atoms with Crippen LogP contribution in [-0.4, -0.2) is 17.0 Å². The Morgan fingerprint density at radius 3 is 2.57 bits per heavy atom. The Morgan fingerprint density at radius 2 is 1.89 bits per heavy atom. The topological polar surface area (TPSA) is 63.6 Å². The molecule has 1 aliphatic carbocycles. The molecule has 1 saturated carbocycles. The van der Waals surface area contributed by atoms with Gasteiger partial charge in [0.25, 0.3) is 0 Å². The molecule has 0 radical (unpaired) electrons. The van der Waals surface area contributed by atoms with E-state index in [9.17, 15) is 14.0 Å². The summed E-state index contributed by atoms with van der Waals surface area (Å²) in [5, 5.41) is 9.08. The Hall–Kier alpha value is -2.69. The van der Waals surface area contributed by atoms with Gasteiger partial charge in [0.15, 0.2) is 0 Å². The van der Waals surface area contributed by atoms with Gasteiger partial charge in [-0.25, -0.2) is 4.39 Å². The van der Waals surface area contributed by atoms with Crippen LogP contribution >= 0.6 is 0 Å². The Labute approximate surface area is 164 Å². The highest BCUT2D eigenvalue weighted by molar-refractivity contribution is 5.77. The maximum absolute atomic E-state index is 14.6. The lowest BCUT2D eigenvalue weighted by Crippen LogP contribution is -2.16. The summed E-state index contributed by atoms with van der Waals surface area (Å²) >= 11 is 0. The van der Waals surface area contributed by atoms with Crippen LogP contribution in [0.5, 0.6) is 5.75 Å². The van der Waals surface area contributed by atoms with Crippen molar-refractivity contribution < 1.29 is 23.8 Å². The van der Waals surface area contributed by atoms with Gasteiger partial charge in [-0.2, -0.15) is 0 Å². The summed E-state index contributed by atoms with van der Waals surface area (Å²) in [6.45, 7) is 1.52. The largest absolute Gasteiger partial charge is 0.481 e. The summed E-state index contributed by atoms with van der Waals surface area (Å²) in [6, 6.07) is 11.2. The molecule has 2 aromatic rings. The number of hydrogen-bond acceptors (Lipinski definition) is 3. The fourth-order valence-corrected chi connectivity index (χ4v) is 3.70. The quantitative estimate of drug-likeness (QED) is 0.523. The van der Waals surface area contributed by atoms with Crippen molar-refractivity contribution in [3.8, 4) is 16.9 Å². The third-order valence-electron chi connectivity index (χ3n) is 5.42. The molecule has 0 bridgehead atoms. The van der Waals surface area contributed by atoms with E-state index in [2.05, 4.69) is 0 Å². The first-order chi connectivity index (χ1) is 13.4. The number of ether oxygens (including phenoxy) is 1. The van der Waals surface area contributed by atoms with E-state index < -0.39 is 17.7 Å². The molecule has 148 valence electrons. The first-order valence-corrected chi connectivity index (χ1v) is 9.77. The van der Waals surface area contributed by atoms with Crippen molar-refractivity contribution in [1.82, 2.24) is 0 Å². The zero-order valence-electron chi connectivity index (χ0n) is 16.0. The molecule has 1 aliphatic rings.